The first-order valence-electron chi connectivity index (χ1n) is 4.64. The monoisotopic (exact) mass is 306 g/mol. The van der Waals surface area contributed by atoms with Crippen LogP contribution in [0.1, 0.15) is 12.5 Å². The lowest BCUT2D eigenvalue weighted by atomic mass is 9.86. The molecule has 1 aromatic rings. The Labute approximate surface area is 109 Å². The molecule has 0 heterocycles. The van der Waals surface area contributed by atoms with E-state index >= 15 is 0 Å². The molecule has 0 amide bonds. The minimum Gasteiger partial charge on any atom is -0.102 e. The second-order valence-electron chi connectivity index (χ2n) is 3.90. The largest absolute Gasteiger partial charge is 0.102 e. The highest BCUT2D eigenvalue weighted by atomic mass is 79.9. The Morgan fingerprint density at radius 2 is 2.13 bits per heavy atom. The fraction of sp³-hybridized carbons (Fsp3) is 0.333. The van der Waals surface area contributed by atoms with Crippen LogP contribution < -0.4 is 0 Å². The molecule has 1 rings (SSSR count). The maximum atomic E-state index is 6.12. The maximum absolute atomic E-state index is 6.12. The lowest BCUT2D eigenvalue weighted by Gasteiger charge is -2.23. The van der Waals surface area contributed by atoms with Gasteiger partial charge >= 0.3 is 0 Å². The van der Waals surface area contributed by atoms with Gasteiger partial charge in [0.1, 0.15) is 0 Å². The summed E-state index contributed by atoms with van der Waals surface area (Å²) in [4.78, 5) is 0. The van der Waals surface area contributed by atoms with Crippen molar-refractivity contribution in [1.29, 1.82) is 0 Å². The molecule has 0 fully saturated rings. The zero-order chi connectivity index (χ0) is 11.5. The van der Waals surface area contributed by atoms with E-state index in [1.54, 1.807) is 6.07 Å². The molecule has 0 bridgehead atoms. The van der Waals surface area contributed by atoms with Gasteiger partial charge in [-0.1, -0.05) is 58.2 Å². The van der Waals surface area contributed by atoms with Crippen molar-refractivity contribution >= 4 is 39.1 Å². The first-order chi connectivity index (χ1) is 7.00. The average Bonchev–Trinajstić information content (AvgIpc) is 2.22. The number of hydrogen-bond donors (Lipinski definition) is 0. The number of benzene rings is 1. The van der Waals surface area contributed by atoms with Crippen molar-refractivity contribution in [3.63, 3.8) is 0 Å². The topological polar surface area (TPSA) is 0 Å². The molecular formula is C12H13BrCl2. The van der Waals surface area contributed by atoms with Gasteiger partial charge in [0.25, 0.3) is 0 Å². The number of halogens is 3. The molecule has 0 saturated carbocycles. The fourth-order valence-electron chi connectivity index (χ4n) is 1.27. The summed E-state index contributed by atoms with van der Waals surface area (Å²) in [5.41, 5.74) is 1.13. The zero-order valence-electron chi connectivity index (χ0n) is 8.56. The van der Waals surface area contributed by atoms with Gasteiger partial charge in [0, 0.05) is 15.4 Å². The van der Waals surface area contributed by atoms with E-state index in [0.717, 1.165) is 22.3 Å². The standard InChI is InChI=1S/C12H13BrCl2/c1-3-12(2,8-13)7-9-4-5-10(14)6-11(9)15/h3-6H,1,7-8H2,2H3. The Morgan fingerprint density at radius 1 is 1.47 bits per heavy atom. The Kier molecular flexibility index (Phi) is 4.69. The van der Waals surface area contributed by atoms with Crippen LogP contribution in [0.15, 0.2) is 30.9 Å². The molecule has 3 heteroatoms. The second kappa shape index (κ2) is 5.38. The molecule has 0 saturated heterocycles. The van der Waals surface area contributed by atoms with Gasteiger partial charge in [0.15, 0.2) is 0 Å². The van der Waals surface area contributed by atoms with Crippen molar-refractivity contribution in [2.45, 2.75) is 13.3 Å². The number of hydrogen-bond acceptors (Lipinski definition) is 0. The first kappa shape index (κ1) is 13.1. The summed E-state index contributed by atoms with van der Waals surface area (Å²) in [6, 6.07) is 5.60. The van der Waals surface area contributed by atoms with E-state index in [1.807, 2.05) is 18.2 Å². The van der Waals surface area contributed by atoms with Crippen LogP contribution in [-0.2, 0) is 6.42 Å². The summed E-state index contributed by atoms with van der Waals surface area (Å²) in [6.45, 7) is 5.99. The van der Waals surface area contributed by atoms with Crippen molar-refractivity contribution in [3.05, 3.63) is 46.5 Å². The summed E-state index contributed by atoms with van der Waals surface area (Å²) >= 11 is 15.4. The van der Waals surface area contributed by atoms with Gasteiger partial charge in [-0.25, -0.2) is 0 Å². The molecule has 0 aromatic heterocycles. The quantitative estimate of drug-likeness (QED) is 0.535. The second-order valence-corrected chi connectivity index (χ2v) is 5.31. The molecule has 15 heavy (non-hydrogen) atoms. The van der Waals surface area contributed by atoms with E-state index in [2.05, 4.69) is 29.4 Å². The molecule has 0 N–H and O–H groups in total. The van der Waals surface area contributed by atoms with Crippen LogP contribution in [0.2, 0.25) is 10.0 Å². The predicted molar refractivity (Wildman–Crippen MR) is 72.3 cm³/mol. The van der Waals surface area contributed by atoms with Gasteiger partial charge < -0.3 is 0 Å². The molecule has 0 aliphatic rings. The van der Waals surface area contributed by atoms with E-state index < -0.39 is 0 Å². The SMILES string of the molecule is C=CC(C)(CBr)Cc1ccc(Cl)cc1Cl. The van der Waals surface area contributed by atoms with Gasteiger partial charge in [0.2, 0.25) is 0 Å². The Morgan fingerprint density at radius 3 is 2.60 bits per heavy atom. The lowest BCUT2D eigenvalue weighted by molar-refractivity contribution is 0.494. The van der Waals surface area contributed by atoms with Crippen LogP contribution in [0.4, 0.5) is 0 Å². The van der Waals surface area contributed by atoms with Crippen molar-refractivity contribution in [3.8, 4) is 0 Å². The maximum Gasteiger partial charge on any atom is 0.0453 e. The molecule has 0 aliphatic heterocycles. The molecule has 82 valence electrons. The van der Waals surface area contributed by atoms with E-state index in [4.69, 9.17) is 23.2 Å². The highest BCUT2D eigenvalue weighted by molar-refractivity contribution is 9.09. The van der Waals surface area contributed by atoms with E-state index in [1.165, 1.54) is 0 Å². The summed E-state index contributed by atoms with van der Waals surface area (Å²) in [7, 11) is 0. The summed E-state index contributed by atoms with van der Waals surface area (Å²) in [5, 5.41) is 2.25. The van der Waals surface area contributed by atoms with Crippen molar-refractivity contribution in [2.75, 3.05) is 5.33 Å². The van der Waals surface area contributed by atoms with Crippen LogP contribution in [0, 0.1) is 5.41 Å². The third kappa shape index (κ3) is 3.51. The summed E-state index contributed by atoms with van der Waals surface area (Å²) in [6.07, 6.45) is 2.81. The zero-order valence-corrected chi connectivity index (χ0v) is 11.7. The normalized spacial score (nSPS) is 14.7. The molecule has 1 aromatic carbocycles. The highest BCUT2D eigenvalue weighted by Crippen LogP contribution is 2.30. The van der Waals surface area contributed by atoms with Crippen LogP contribution in [0.5, 0.6) is 0 Å². The van der Waals surface area contributed by atoms with Crippen molar-refractivity contribution in [2.24, 2.45) is 5.41 Å². The van der Waals surface area contributed by atoms with Gasteiger partial charge in [-0.05, 0) is 29.5 Å². The average molecular weight is 308 g/mol. The third-order valence-corrected chi connectivity index (χ3v) is 4.28. The van der Waals surface area contributed by atoms with Gasteiger partial charge in [-0.15, -0.1) is 6.58 Å². The lowest BCUT2D eigenvalue weighted by Crippen LogP contribution is -2.18. The van der Waals surface area contributed by atoms with E-state index in [9.17, 15) is 0 Å². The molecule has 0 spiro atoms. The predicted octanol–water partition coefficient (Wildman–Crippen LogP) is 5.12. The number of rotatable bonds is 4. The molecule has 0 nitrogen and oxygen atoms in total. The van der Waals surface area contributed by atoms with Crippen molar-refractivity contribution in [1.82, 2.24) is 0 Å². The summed E-state index contributed by atoms with van der Waals surface area (Å²) in [5.74, 6) is 0. The minimum absolute atomic E-state index is 0.0253. The number of allylic oxidation sites excluding steroid dienone is 1. The Bertz CT molecular complexity index is 363. The highest BCUT2D eigenvalue weighted by Gasteiger charge is 2.20. The van der Waals surface area contributed by atoms with E-state index in [0.29, 0.717) is 5.02 Å². The smallest absolute Gasteiger partial charge is 0.0453 e. The van der Waals surface area contributed by atoms with Crippen LogP contribution in [-0.4, -0.2) is 5.33 Å². The van der Waals surface area contributed by atoms with Crippen LogP contribution >= 0.6 is 39.1 Å². The van der Waals surface area contributed by atoms with Gasteiger partial charge in [0.05, 0.1) is 0 Å². The summed E-state index contributed by atoms with van der Waals surface area (Å²) < 4.78 is 0. The van der Waals surface area contributed by atoms with E-state index in [-0.39, 0.29) is 5.41 Å². The molecule has 1 unspecified atom stereocenters. The van der Waals surface area contributed by atoms with Crippen LogP contribution in [0.25, 0.3) is 0 Å². The van der Waals surface area contributed by atoms with Crippen LogP contribution in [0.3, 0.4) is 0 Å². The van der Waals surface area contributed by atoms with Gasteiger partial charge in [-0.3, -0.25) is 0 Å². The third-order valence-electron chi connectivity index (χ3n) is 2.41. The Balaban J connectivity index is 2.94. The van der Waals surface area contributed by atoms with Crippen molar-refractivity contribution < 1.29 is 0 Å². The molecular weight excluding hydrogens is 295 g/mol. The molecule has 0 aliphatic carbocycles. The molecule has 0 radical (unpaired) electrons. The van der Waals surface area contributed by atoms with Gasteiger partial charge in [-0.2, -0.15) is 0 Å². The first-order valence-corrected chi connectivity index (χ1v) is 6.52. The molecule has 1 atom stereocenters. The fourth-order valence-corrected chi connectivity index (χ4v) is 2.18. The number of alkyl halides is 1. The minimum atomic E-state index is 0.0253. The Hall–Kier alpha value is 0.0200.